The zero-order chi connectivity index (χ0) is 10.8. The van der Waals surface area contributed by atoms with Crippen molar-refractivity contribution in [3.05, 3.63) is 23.0 Å². The number of aryl methyl sites for hydroxylation is 1. The van der Waals surface area contributed by atoms with Gasteiger partial charge in [0.1, 0.15) is 0 Å². The van der Waals surface area contributed by atoms with Crippen LogP contribution in [0.25, 0.3) is 0 Å². The topological polar surface area (TPSA) is 8.17 Å². The minimum Gasteiger partial charge on any atom is -0.350 e. The predicted octanol–water partition coefficient (Wildman–Crippen LogP) is 2.51. The fourth-order valence-corrected chi connectivity index (χ4v) is 2.42. The number of nitrogens with zero attached hydrogens (tertiary/aromatic N) is 2. The highest BCUT2D eigenvalue weighted by molar-refractivity contribution is 5.28. The Labute approximate surface area is 92.9 Å². The third-order valence-corrected chi connectivity index (χ3v) is 3.77. The van der Waals surface area contributed by atoms with Crippen molar-refractivity contribution in [3.63, 3.8) is 0 Å². The van der Waals surface area contributed by atoms with Crippen LogP contribution in [0.15, 0.2) is 6.20 Å². The van der Waals surface area contributed by atoms with Gasteiger partial charge in [0.25, 0.3) is 0 Å². The highest BCUT2D eigenvalue weighted by atomic mass is 15.2. The molecule has 0 unspecified atom stereocenters. The summed E-state index contributed by atoms with van der Waals surface area (Å²) >= 11 is 0. The summed E-state index contributed by atoms with van der Waals surface area (Å²) in [6.45, 7) is 11.6. The molecule has 1 aliphatic rings. The molecule has 0 amide bonds. The maximum atomic E-state index is 2.57. The third kappa shape index (κ3) is 2.25. The van der Waals surface area contributed by atoms with Crippen LogP contribution in [-0.2, 0) is 6.54 Å². The molecule has 0 bridgehead atoms. The summed E-state index contributed by atoms with van der Waals surface area (Å²) in [5, 5.41) is 0. The van der Waals surface area contributed by atoms with Gasteiger partial charge in [-0.15, -0.1) is 0 Å². The molecular weight excluding hydrogens is 184 g/mol. The van der Waals surface area contributed by atoms with Gasteiger partial charge in [-0.25, -0.2) is 0 Å². The van der Waals surface area contributed by atoms with E-state index in [1.807, 2.05) is 0 Å². The van der Waals surface area contributed by atoms with Crippen LogP contribution in [0.3, 0.4) is 0 Å². The van der Waals surface area contributed by atoms with Gasteiger partial charge < -0.3 is 9.47 Å². The minimum absolute atomic E-state index is 1.15. The van der Waals surface area contributed by atoms with Gasteiger partial charge in [-0.2, -0.15) is 0 Å². The molecule has 84 valence electrons. The van der Waals surface area contributed by atoms with E-state index in [4.69, 9.17) is 0 Å². The van der Waals surface area contributed by atoms with Crippen molar-refractivity contribution in [3.8, 4) is 0 Å². The van der Waals surface area contributed by atoms with Crippen LogP contribution in [0.1, 0.15) is 29.7 Å². The first-order valence-corrected chi connectivity index (χ1v) is 6.04. The smallest absolute Gasteiger partial charge is 0.0350 e. The summed E-state index contributed by atoms with van der Waals surface area (Å²) in [4.78, 5) is 2.57. The van der Waals surface area contributed by atoms with E-state index in [0.29, 0.717) is 0 Å². The van der Waals surface area contributed by atoms with E-state index < -0.39 is 0 Å². The Balaban J connectivity index is 1.95. The summed E-state index contributed by atoms with van der Waals surface area (Å²) in [6.07, 6.45) is 5.08. The highest BCUT2D eigenvalue weighted by Crippen LogP contribution is 2.15. The van der Waals surface area contributed by atoms with Crippen LogP contribution in [0, 0.1) is 20.8 Å². The van der Waals surface area contributed by atoms with E-state index in [1.54, 1.807) is 0 Å². The fraction of sp³-hybridized carbons (Fsp3) is 0.692. The molecule has 1 saturated heterocycles. The zero-order valence-electron chi connectivity index (χ0n) is 10.2. The summed E-state index contributed by atoms with van der Waals surface area (Å²) < 4.78 is 2.41. The molecule has 0 N–H and O–H groups in total. The lowest BCUT2D eigenvalue weighted by molar-refractivity contribution is 0.321. The number of hydrogen-bond acceptors (Lipinski definition) is 1. The molecule has 2 heteroatoms. The number of rotatable bonds is 3. The number of aromatic nitrogens is 1. The van der Waals surface area contributed by atoms with Gasteiger partial charge in [0.2, 0.25) is 0 Å². The molecule has 2 heterocycles. The number of likely N-dealkylation sites (tertiary alicyclic amines) is 1. The van der Waals surface area contributed by atoms with Gasteiger partial charge in [0.05, 0.1) is 0 Å². The van der Waals surface area contributed by atoms with Crippen molar-refractivity contribution in [2.45, 2.75) is 40.2 Å². The molecule has 0 saturated carbocycles. The van der Waals surface area contributed by atoms with Gasteiger partial charge in [0.15, 0.2) is 0 Å². The van der Waals surface area contributed by atoms with E-state index in [2.05, 4.69) is 36.4 Å². The Hall–Kier alpha value is -0.760. The average molecular weight is 206 g/mol. The first-order chi connectivity index (χ1) is 7.18. The van der Waals surface area contributed by atoms with Crippen molar-refractivity contribution in [2.75, 3.05) is 19.6 Å². The summed E-state index contributed by atoms with van der Waals surface area (Å²) in [5.74, 6) is 0. The SMILES string of the molecule is Cc1cn(CCN2CCCC2)c(C)c1C. The van der Waals surface area contributed by atoms with Crippen LogP contribution in [0.2, 0.25) is 0 Å². The minimum atomic E-state index is 1.15. The summed E-state index contributed by atoms with van der Waals surface area (Å²) in [7, 11) is 0. The van der Waals surface area contributed by atoms with E-state index >= 15 is 0 Å². The van der Waals surface area contributed by atoms with Crippen molar-refractivity contribution in [2.24, 2.45) is 0 Å². The van der Waals surface area contributed by atoms with Crippen molar-refractivity contribution < 1.29 is 0 Å². The van der Waals surface area contributed by atoms with Gasteiger partial charge in [0, 0.05) is 25.0 Å². The Morgan fingerprint density at radius 1 is 1.07 bits per heavy atom. The largest absolute Gasteiger partial charge is 0.350 e. The molecule has 0 atom stereocenters. The molecule has 0 radical (unpaired) electrons. The summed E-state index contributed by atoms with van der Waals surface area (Å²) in [6, 6.07) is 0. The Morgan fingerprint density at radius 3 is 2.27 bits per heavy atom. The van der Waals surface area contributed by atoms with E-state index in [9.17, 15) is 0 Å². The number of hydrogen-bond donors (Lipinski definition) is 0. The Kier molecular flexibility index (Phi) is 3.15. The van der Waals surface area contributed by atoms with Crippen LogP contribution in [-0.4, -0.2) is 29.1 Å². The molecule has 0 aromatic carbocycles. The Morgan fingerprint density at radius 2 is 1.73 bits per heavy atom. The van der Waals surface area contributed by atoms with E-state index in [-0.39, 0.29) is 0 Å². The highest BCUT2D eigenvalue weighted by Gasteiger charge is 2.12. The first kappa shape index (κ1) is 10.7. The lowest BCUT2D eigenvalue weighted by Gasteiger charge is -2.15. The molecule has 1 aromatic rings. The monoisotopic (exact) mass is 206 g/mol. The van der Waals surface area contributed by atoms with Gasteiger partial charge in [-0.05, 0) is 57.8 Å². The second-order valence-electron chi connectivity index (χ2n) is 4.76. The molecule has 2 nitrogen and oxygen atoms in total. The standard InChI is InChI=1S/C13H22N2/c1-11-10-15(13(3)12(11)2)9-8-14-6-4-5-7-14/h10H,4-9H2,1-3H3. The lowest BCUT2D eigenvalue weighted by Crippen LogP contribution is -2.24. The molecule has 15 heavy (non-hydrogen) atoms. The van der Waals surface area contributed by atoms with E-state index in [1.165, 1.54) is 49.3 Å². The van der Waals surface area contributed by atoms with Crippen LogP contribution < -0.4 is 0 Å². The molecule has 0 aliphatic carbocycles. The molecule has 1 aromatic heterocycles. The lowest BCUT2D eigenvalue weighted by atomic mass is 10.2. The third-order valence-electron chi connectivity index (χ3n) is 3.77. The zero-order valence-corrected chi connectivity index (χ0v) is 10.2. The van der Waals surface area contributed by atoms with Gasteiger partial charge >= 0.3 is 0 Å². The normalized spacial score (nSPS) is 17.5. The molecule has 0 spiro atoms. The predicted molar refractivity (Wildman–Crippen MR) is 64.3 cm³/mol. The maximum absolute atomic E-state index is 2.57. The van der Waals surface area contributed by atoms with Crippen LogP contribution in [0.4, 0.5) is 0 Å². The van der Waals surface area contributed by atoms with Crippen LogP contribution >= 0.6 is 0 Å². The Bertz CT molecular complexity index is 333. The maximum Gasteiger partial charge on any atom is 0.0350 e. The fourth-order valence-electron chi connectivity index (χ4n) is 2.42. The quantitative estimate of drug-likeness (QED) is 0.737. The molecule has 1 fully saturated rings. The second-order valence-corrected chi connectivity index (χ2v) is 4.76. The first-order valence-electron chi connectivity index (χ1n) is 6.04. The summed E-state index contributed by atoms with van der Waals surface area (Å²) in [5.41, 5.74) is 4.32. The molecular formula is C13H22N2. The van der Waals surface area contributed by atoms with Crippen molar-refractivity contribution in [1.82, 2.24) is 9.47 Å². The van der Waals surface area contributed by atoms with Gasteiger partial charge in [-0.3, -0.25) is 0 Å². The van der Waals surface area contributed by atoms with E-state index in [0.717, 1.165) is 6.54 Å². The van der Waals surface area contributed by atoms with Crippen molar-refractivity contribution >= 4 is 0 Å². The molecule has 1 aliphatic heterocycles. The molecule has 2 rings (SSSR count). The second kappa shape index (κ2) is 4.40. The van der Waals surface area contributed by atoms with Crippen LogP contribution in [0.5, 0.6) is 0 Å². The van der Waals surface area contributed by atoms with Crippen molar-refractivity contribution in [1.29, 1.82) is 0 Å². The average Bonchev–Trinajstić information content (AvgIpc) is 2.80. The van der Waals surface area contributed by atoms with Gasteiger partial charge in [-0.1, -0.05) is 0 Å².